The van der Waals surface area contributed by atoms with Gasteiger partial charge in [-0.05, 0) is 19.2 Å². The first kappa shape index (κ1) is 13.1. The van der Waals surface area contributed by atoms with Crippen molar-refractivity contribution in [3.8, 4) is 0 Å². The minimum Gasteiger partial charge on any atom is -0.335 e. The van der Waals surface area contributed by atoms with Gasteiger partial charge in [0.2, 0.25) is 5.91 Å². The van der Waals surface area contributed by atoms with E-state index in [-0.39, 0.29) is 11.9 Å². The molecule has 7 heteroatoms. The molecule has 0 aliphatic carbocycles. The van der Waals surface area contributed by atoms with E-state index in [2.05, 4.69) is 21.2 Å². The second kappa shape index (κ2) is 5.64. The van der Waals surface area contributed by atoms with Gasteiger partial charge in [0.25, 0.3) is 0 Å². The lowest BCUT2D eigenvalue weighted by Gasteiger charge is -2.26. The first-order valence-corrected chi connectivity index (χ1v) is 7.43. The largest absolute Gasteiger partial charge is 0.335 e. The van der Waals surface area contributed by atoms with Crippen LogP contribution in [-0.2, 0) is 11.2 Å². The number of nitrogens with zero attached hydrogens (tertiary/aromatic N) is 2. The van der Waals surface area contributed by atoms with Gasteiger partial charge in [0.1, 0.15) is 6.04 Å². The van der Waals surface area contributed by atoms with Gasteiger partial charge in [-0.3, -0.25) is 4.79 Å². The summed E-state index contributed by atoms with van der Waals surface area (Å²) in [5.41, 5.74) is 9.82. The van der Waals surface area contributed by atoms with E-state index in [0.717, 1.165) is 22.7 Å². The van der Waals surface area contributed by atoms with Crippen molar-refractivity contribution in [3.05, 3.63) is 40.1 Å². The Hall–Kier alpha value is -1.86. The zero-order valence-corrected chi connectivity index (χ0v) is 12.0. The molecule has 0 aromatic carbocycles. The Morgan fingerprint density at radius 3 is 3.25 bits per heavy atom. The molecule has 1 amide bonds. The molecule has 3 rings (SSSR count). The molecular weight excluding hydrogens is 274 g/mol. The number of likely N-dealkylation sites (N-methyl/N-ethyl adjacent to an activating group) is 1. The first-order chi connectivity index (χ1) is 9.79. The molecule has 106 valence electrons. The summed E-state index contributed by atoms with van der Waals surface area (Å²) in [6, 6.07) is -0.285. The maximum atomic E-state index is 12.7. The van der Waals surface area contributed by atoms with Crippen LogP contribution in [-0.4, -0.2) is 35.9 Å². The average Bonchev–Trinajstić information content (AvgIpc) is 2.89. The number of hydrogen-bond donors (Lipinski definition) is 3. The molecule has 20 heavy (non-hydrogen) atoms. The van der Waals surface area contributed by atoms with Gasteiger partial charge in [0, 0.05) is 19.2 Å². The quantitative estimate of drug-likeness (QED) is 0.747. The molecule has 2 aliphatic heterocycles. The van der Waals surface area contributed by atoms with Gasteiger partial charge in [0.15, 0.2) is 0 Å². The Bertz CT molecular complexity index is 565. The van der Waals surface area contributed by atoms with Crippen molar-refractivity contribution in [3.63, 3.8) is 0 Å². The van der Waals surface area contributed by atoms with E-state index in [9.17, 15) is 4.79 Å². The Labute approximate surface area is 121 Å². The number of carbonyl (C=O) groups is 1. The van der Waals surface area contributed by atoms with Crippen LogP contribution in [0, 0.1) is 0 Å². The Morgan fingerprint density at radius 2 is 2.50 bits per heavy atom. The van der Waals surface area contributed by atoms with Gasteiger partial charge in [0.05, 0.1) is 28.3 Å². The van der Waals surface area contributed by atoms with Gasteiger partial charge < -0.3 is 21.1 Å². The van der Waals surface area contributed by atoms with E-state index in [1.54, 1.807) is 11.3 Å². The Balaban J connectivity index is 1.80. The Morgan fingerprint density at radius 1 is 1.60 bits per heavy atom. The van der Waals surface area contributed by atoms with Crippen molar-refractivity contribution in [1.29, 1.82) is 0 Å². The highest BCUT2D eigenvalue weighted by Gasteiger charge is 2.31. The number of hydrazine groups is 1. The number of thiazole rings is 1. The van der Waals surface area contributed by atoms with Crippen LogP contribution < -0.4 is 16.2 Å². The minimum absolute atomic E-state index is 0.104. The summed E-state index contributed by atoms with van der Waals surface area (Å²) in [6.45, 7) is 1.26. The Kier molecular flexibility index (Phi) is 3.70. The smallest absolute Gasteiger partial charge is 0.245 e. The fourth-order valence-electron chi connectivity index (χ4n) is 2.44. The summed E-state index contributed by atoms with van der Waals surface area (Å²) in [6.07, 6.45) is 6.50. The maximum Gasteiger partial charge on any atom is 0.245 e. The monoisotopic (exact) mass is 291 g/mol. The van der Waals surface area contributed by atoms with Crippen LogP contribution >= 0.6 is 11.3 Å². The fraction of sp³-hybridized carbons (Fsp3) is 0.385. The fourth-order valence-corrected chi connectivity index (χ4v) is 3.38. The third-order valence-corrected chi connectivity index (χ3v) is 4.41. The van der Waals surface area contributed by atoms with Crippen LogP contribution in [0.15, 0.2) is 29.6 Å². The normalized spacial score (nSPS) is 21.6. The average molecular weight is 291 g/mol. The van der Waals surface area contributed by atoms with Gasteiger partial charge in [-0.1, -0.05) is 0 Å². The SMILES string of the molecule is CNC1C(=O)N(CC2=CC=CNN2)CCc2ncsc21. The second-order valence-corrected chi connectivity index (χ2v) is 5.60. The number of allylic oxidation sites excluding steroid dienone is 2. The van der Waals surface area contributed by atoms with E-state index < -0.39 is 0 Å². The molecule has 1 aromatic heterocycles. The zero-order chi connectivity index (χ0) is 13.9. The molecule has 0 fully saturated rings. The molecule has 0 saturated carbocycles. The molecule has 3 N–H and O–H groups in total. The lowest BCUT2D eigenvalue weighted by molar-refractivity contribution is -0.132. The topological polar surface area (TPSA) is 69.3 Å². The third-order valence-electron chi connectivity index (χ3n) is 3.47. The van der Waals surface area contributed by atoms with Crippen LogP contribution in [0.1, 0.15) is 16.6 Å². The van der Waals surface area contributed by atoms with Crippen molar-refractivity contribution in [1.82, 2.24) is 26.1 Å². The second-order valence-electron chi connectivity index (χ2n) is 4.72. The zero-order valence-electron chi connectivity index (χ0n) is 11.2. The van der Waals surface area contributed by atoms with Crippen LogP contribution in [0.4, 0.5) is 0 Å². The van der Waals surface area contributed by atoms with E-state index in [0.29, 0.717) is 13.1 Å². The number of aromatic nitrogens is 1. The van der Waals surface area contributed by atoms with Crippen molar-refractivity contribution < 1.29 is 4.79 Å². The molecule has 0 radical (unpaired) electrons. The lowest BCUT2D eigenvalue weighted by Crippen LogP contribution is -2.43. The molecule has 1 atom stereocenters. The van der Waals surface area contributed by atoms with Crippen LogP contribution in [0.2, 0.25) is 0 Å². The number of fused-ring (bicyclic) bond motifs is 1. The summed E-state index contributed by atoms with van der Waals surface area (Å²) >= 11 is 1.55. The van der Waals surface area contributed by atoms with Crippen LogP contribution in [0.3, 0.4) is 0 Å². The summed E-state index contributed by atoms with van der Waals surface area (Å²) in [5.74, 6) is 0.104. The van der Waals surface area contributed by atoms with Gasteiger partial charge >= 0.3 is 0 Å². The molecule has 0 spiro atoms. The van der Waals surface area contributed by atoms with Crippen molar-refractivity contribution >= 4 is 17.2 Å². The van der Waals surface area contributed by atoms with E-state index in [4.69, 9.17) is 0 Å². The van der Waals surface area contributed by atoms with Crippen molar-refractivity contribution in [2.75, 3.05) is 20.1 Å². The summed E-state index contributed by atoms with van der Waals surface area (Å²) < 4.78 is 0. The van der Waals surface area contributed by atoms with Crippen LogP contribution in [0.25, 0.3) is 0 Å². The summed E-state index contributed by atoms with van der Waals surface area (Å²) in [4.78, 5) is 20.0. The highest BCUT2D eigenvalue weighted by Crippen LogP contribution is 2.27. The lowest BCUT2D eigenvalue weighted by atomic mass is 10.2. The number of hydrogen-bond acceptors (Lipinski definition) is 6. The molecule has 1 unspecified atom stereocenters. The molecule has 6 nitrogen and oxygen atoms in total. The van der Waals surface area contributed by atoms with Gasteiger partial charge in [-0.2, -0.15) is 0 Å². The number of rotatable bonds is 3. The molecule has 1 aromatic rings. The molecule has 0 saturated heterocycles. The highest BCUT2D eigenvalue weighted by molar-refractivity contribution is 7.10. The van der Waals surface area contributed by atoms with E-state index in [1.807, 2.05) is 35.8 Å². The minimum atomic E-state index is -0.285. The highest BCUT2D eigenvalue weighted by atomic mass is 32.1. The molecule has 3 heterocycles. The molecule has 2 aliphatic rings. The van der Waals surface area contributed by atoms with Gasteiger partial charge in [-0.25, -0.2) is 4.98 Å². The van der Waals surface area contributed by atoms with Crippen molar-refractivity contribution in [2.24, 2.45) is 0 Å². The van der Waals surface area contributed by atoms with Crippen molar-refractivity contribution in [2.45, 2.75) is 12.5 Å². The molecule has 0 bridgehead atoms. The standard InChI is InChI=1S/C13H17N5OS/c1-14-11-12-10(15-8-20-12)4-6-18(13(11)19)7-9-3-2-5-16-17-9/h2-3,5,8,11,14,16-17H,4,6-7H2,1H3. The van der Waals surface area contributed by atoms with Gasteiger partial charge in [-0.15, -0.1) is 11.3 Å². The number of amides is 1. The number of nitrogens with one attached hydrogen (secondary N) is 3. The van der Waals surface area contributed by atoms with Crippen LogP contribution in [0.5, 0.6) is 0 Å². The summed E-state index contributed by atoms with van der Waals surface area (Å²) in [5, 5.41) is 3.11. The summed E-state index contributed by atoms with van der Waals surface area (Å²) in [7, 11) is 1.82. The van der Waals surface area contributed by atoms with E-state index in [1.165, 1.54) is 0 Å². The molecular formula is C13H17N5OS. The predicted octanol–water partition coefficient (Wildman–Crippen LogP) is 0.294. The first-order valence-electron chi connectivity index (χ1n) is 6.55. The third kappa shape index (κ3) is 2.41. The number of carbonyl (C=O) groups excluding carboxylic acids is 1. The van der Waals surface area contributed by atoms with E-state index >= 15 is 0 Å². The predicted molar refractivity (Wildman–Crippen MR) is 77.7 cm³/mol. The maximum absolute atomic E-state index is 12.7.